The van der Waals surface area contributed by atoms with Crippen molar-refractivity contribution in [1.82, 2.24) is 5.32 Å². The van der Waals surface area contributed by atoms with E-state index in [0.717, 1.165) is 11.1 Å². The van der Waals surface area contributed by atoms with Crippen LogP contribution in [0.15, 0.2) is 52.4 Å². The van der Waals surface area contributed by atoms with Crippen molar-refractivity contribution in [3.8, 4) is 5.75 Å². The fraction of sp³-hybridized carbons (Fsp3) is 0.0588. The van der Waals surface area contributed by atoms with Crippen LogP contribution in [0.3, 0.4) is 0 Å². The van der Waals surface area contributed by atoms with Crippen LogP contribution in [0.2, 0.25) is 5.02 Å². The second kappa shape index (κ2) is 6.48. The Morgan fingerprint density at radius 3 is 2.78 bits per heavy atom. The molecule has 0 radical (unpaired) electrons. The molecule has 116 valence electrons. The highest BCUT2D eigenvalue weighted by molar-refractivity contribution is 8.18. The number of phenols is 1. The Labute approximate surface area is 142 Å². The van der Waals surface area contributed by atoms with Crippen molar-refractivity contribution in [2.24, 2.45) is 4.99 Å². The zero-order valence-corrected chi connectivity index (χ0v) is 13.8. The molecular weight excluding hydrogens is 332 g/mol. The number of benzene rings is 2. The predicted octanol–water partition coefficient (Wildman–Crippen LogP) is 4.25. The molecule has 2 aromatic rings. The van der Waals surface area contributed by atoms with Gasteiger partial charge in [-0.25, -0.2) is 4.99 Å². The number of aryl methyl sites for hydroxylation is 1. The Morgan fingerprint density at radius 1 is 1.26 bits per heavy atom. The summed E-state index contributed by atoms with van der Waals surface area (Å²) >= 11 is 7.31. The number of nitrogens with zero attached hydrogens (tertiary/aromatic N) is 1. The number of aromatic hydroxyl groups is 1. The van der Waals surface area contributed by atoms with Crippen LogP contribution in [0.5, 0.6) is 5.75 Å². The maximum absolute atomic E-state index is 12.0. The van der Waals surface area contributed by atoms with Gasteiger partial charge in [0.1, 0.15) is 11.4 Å². The largest absolute Gasteiger partial charge is 0.506 e. The SMILES string of the molecule is Cc1ccc(N=C2NC(=O)/C(=C/c3ccccc3Cl)S2)c(O)c1. The van der Waals surface area contributed by atoms with Crippen molar-refractivity contribution in [2.75, 3.05) is 0 Å². The molecule has 1 aliphatic rings. The van der Waals surface area contributed by atoms with E-state index in [1.54, 1.807) is 24.3 Å². The van der Waals surface area contributed by atoms with Gasteiger partial charge in [-0.2, -0.15) is 0 Å². The summed E-state index contributed by atoms with van der Waals surface area (Å²) in [4.78, 5) is 16.8. The van der Waals surface area contributed by atoms with Crippen LogP contribution in [-0.2, 0) is 4.79 Å². The smallest absolute Gasteiger partial charge is 0.264 e. The Hall–Kier alpha value is -2.24. The van der Waals surface area contributed by atoms with E-state index >= 15 is 0 Å². The van der Waals surface area contributed by atoms with Crippen LogP contribution < -0.4 is 5.32 Å². The summed E-state index contributed by atoms with van der Waals surface area (Å²) in [5.41, 5.74) is 2.12. The summed E-state index contributed by atoms with van der Waals surface area (Å²) in [6.07, 6.45) is 1.72. The lowest BCUT2D eigenvalue weighted by atomic mass is 10.2. The zero-order chi connectivity index (χ0) is 16.4. The first-order valence-corrected chi connectivity index (χ1v) is 8.06. The molecule has 23 heavy (non-hydrogen) atoms. The number of aliphatic imine (C=N–C) groups is 1. The van der Waals surface area contributed by atoms with Gasteiger partial charge in [0.25, 0.3) is 5.91 Å². The number of halogens is 1. The molecular formula is C17H13ClN2O2S. The van der Waals surface area contributed by atoms with Crippen LogP contribution in [0.25, 0.3) is 6.08 Å². The van der Waals surface area contributed by atoms with Crippen molar-refractivity contribution in [3.05, 3.63) is 63.5 Å². The molecule has 4 nitrogen and oxygen atoms in total. The van der Waals surface area contributed by atoms with Crippen LogP contribution in [-0.4, -0.2) is 16.2 Å². The molecule has 6 heteroatoms. The van der Waals surface area contributed by atoms with Crippen molar-refractivity contribution in [3.63, 3.8) is 0 Å². The molecule has 0 bridgehead atoms. The Kier molecular flexibility index (Phi) is 4.41. The van der Waals surface area contributed by atoms with E-state index in [1.807, 2.05) is 31.2 Å². The molecule has 1 amide bonds. The van der Waals surface area contributed by atoms with E-state index in [2.05, 4.69) is 10.3 Å². The number of carbonyl (C=O) groups is 1. The molecule has 1 aliphatic heterocycles. The molecule has 0 aliphatic carbocycles. The number of rotatable bonds is 2. The number of phenolic OH excluding ortho intramolecular Hbond substituents is 1. The van der Waals surface area contributed by atoms with Crippen LogP contribution in [0.4, 0.5) is 5.69 Å². The summed E-state index contributed by atoms with van der Waals surface area (Å²) < 4.78 is 0. The lowest BCUT2D eigenvalue weighted by Gasteiger charge is -2.01. The first-order chi connectivity index (χ1) is 11.0. The minimum absolute atomic E-state index is 0.0795. The number of hydrogen-bond donors (Lipinski definition) is 2. The van der Waals surface area contributed by atoms with E-state index < -0.39 is 0 Å². The molecule has 3 rings (SSSR count). The summed E-state index contributed by atoms with van der Waals surface area (Å²) in [7, 11) is 0. The standard InChI is InChI=1S/C17H13ClN2O2S/c1-10-6-7-13(14(21)8-10)19-17-20-16(22)15(23-17)9-11-4-2-3-5-12(11)18/h2-9,21H,1H3,(H,19,20,22)/b15-9-. The maximum Gasteiger partial charge on any atom is 0.264 e. The first-order valence-electron chi connectivity index (χ1n) is 6.86. The number of amidine groups is 1. The van der Waals surface area contributed by atoms with E-state index in [-0.39, 0.29) is 11.7 Å². The number of nitrogens with one attached hydrogen (secondary N) is 1. The highest BCUT2D eigenvalue weighted by Gasteiger charge is 2.24. The maximum atomic E-state index is 12.0. The topological polar surface area (TPSA) is 61.7 Å². The number of carbonyl (C=O) groups excluding carboxylic acids is 1. The van der Waals surface area contributed by atoms with Gasteiger partial charge in [-0.1, -0.05) is 35.9 Å². The van der Waals surface area contributed by atoms with Gasteiger partial charge in [0.15, 0.2) is 5.17 Å². The lowest BCUT2D eigenvalue weighted by Crippen LogP contribution is -2.19. The van der Waals surface area contributed by atoms with E-state index in [9.17, 15) is 9.90 Å². The van der Waals surface area contributed by atoms with Gasteiger partial charge in [-0.05, 0) is 54.1 Å². The van der Waals surface area contributed by atoms with Gasteiger partial charge in [0.2, 0.25) is 0 Å². The van der Waals surface area contributed by atoms with Crippen molar-refractivity contribution in [1.29, 1.82) is 0 Å². The predicted molar refractivity (Wildman–Crippen MR) is 95.1 cm³/mol. The van der Waals surface area contributed by atoms with Crippen molar-refractivity contribution >= 4 is 46.2 Å². The van der Waals surface area contributed by atoms with Gasteiger partial charge < -0.3 is 10.4 Å². The molecule has 0 atom stereocenters. The van der Waals surface area contributed by atoms with Crippen molar-refractivity contribution in [2.45, 2.75) is 6.92 Å². The molecule has 0 aromatic heterocycles. The summed E-state index contributed by atoms with van der Waals surface area (Å²) in [5.74, 6) is -0.156. The fourth-order valence-corrected chi connectivity index (χ4v) is 3.07. The highest BCUT2D eigenvalue weighted by atomic mass is 35.5. The van der Waals surface area contributed by atoms with Gasteiger partial charge in [0.05, 0.1) is 4.91 Å². The Balaban J connectivity index is 1.88. The molecule has 0 saturated carbocycles. The number of hydrogen-bond acceptors (Lipinski definition) is 4. The molecule has 0 unspecified atom stereocenters. The molecule has 2 aromatic carbocycles. The van der Waals surface area contributed by atoms with Gasteiger partial charge >= 0.3 is 0 Å². The monoisotopic (exact) mass is 344 g/mol. The molecule has 1 fully saturated rings. The summed E-state index contributed by atoms with van der Waals surface area (Å²) in [6.45, 7) is 1.88. The zero-order valence-electron chi connectivity index (χ0n) is 12.2. The average molecular weight is 345 g/mol. The summed E-state index contributed by atoms with van der Waals surface area (Å²) in [6, 6.07) is 12.5. The minimum Gasteiger partial charge on any atom is -0.506 e. The van der Waals surface area contributed by atoms with E-state index in [4.69, 9.17) is 11.6 Å². The summed E-state index contributed by atoms with van der Waals surface area (Å²) in [5, 5.41) is 13.6. The quantitative estimate of drug-likeness (QED) is 0.801. The molecule has 2 N–H and O–H groups in total. The molecule has 1 heterocycles. The third-order valence-corrected chi connectivity index (χ3v) is 4.45. The lowest BCUT2D eigenvalue weighted by molar-refractivity contribution is -0.115. The molecule has 0 spiro atoms. The first kappa shape index (κ1) is 15.6. The van der Waals surface area contributed by atoms with E-state index in [0.29, 0.717) is 20.8 Å². The minimum atomic E-state index is -0.236. The average Bonchev–Trinajstić information content (AvgIpc) is 2.84. The number of thioether (sulfide) groups is 1. The second-order valence-corrected chi connectivity index (χ2v) is 6.43. The van der Waals surface area contributed by atoms with Crippen LogP contribution in [0, 0.1) is 6.92 Å². The Morgan fingerprint density at radius 2 is 2.04 bits per heavy atom. The highest BCUT2D eigenvalue weighted by Crippen LogP contribution is 2.32. The van der Waals surface area contributed by atoms with Gasteiger partial charge in [-0.15, -0.1) is 0 Å². The van der Waals surface area contributed by atoms with Crippen molar-refractivity contribution < 1.29 is 9.90 Å². The normalized spacial score (nSPS) is 17.7. The van der Waals surface area contributed by atoms with Gasteiger partial charge in [-0.3, -0.25) is 4.79 Å². The van der Waals surface area contributed by atoms with E-state index in [1.165, 1.54) is 11.8 Å². The second-order valence-electron chi connectivity index (χ2n) is 5.00. The fourth-order valence-electron chi connectivity index (χ4n) is 2.05. The van der Waals surface area contributed by atoms with Crippen LogP contribution in [0.1, 0.15) is 11.1 Å². The number of amides is 1. The van der Waals surface area contributed by atoms with Crippen LogP contribution >= 0.6 is 23.4 Å². The molecule has 1 saturated heterocycles. The van der Waals surface area contributed by atoms with Gasteiger partial charge in [0, 0.05) is 5.02 Å². The Bertz CT molecular complexity index is 846. The third kappa shape index (κ3) is 3.57. The third-order valence-electron chi connectivity index (χ3n) is 3.20.